The lowest BCUT2D eigenvalue weighted by atomic mass is 9.75. The number of nitrogens with zero attached hydrogens (tertiary/aromatic N) is 1. The van der Waals surface area contributed by atoms with Crippen molar-refractivity contribution in [3.63, 3.8) is 0 Å². The van der Waals surface area contributed by atoms with Crippen LogP contribution in [-0.4, -0.2) is 32.6 Å². The highest BCUT2D eigenvalue weighted by molar-refractivity contribution is 5.31. The van der Waals surface area contributed by atoms with Crippen molar-refractivity contribution in [1.29, 1.82) is 0 Å². The predicted octanol–water partition coefficient (Wildman–Crippen LogP) is 3.39. The van der Waals surface area contributed by atoms with Crippen LogP contribution in [0.25, 0.3) is 0 Å². The molecule has 3 rings (SSSR count). The van der Waals surface area contributed by atoms with Gasteiger partial charge in [-0.15, -0.1) is 0 Å². The summed E-state index contributed by atoms with van der Waals surface area (Å²) in [6.07, 6.45) is 4.34. The Kier molecular flexibility index (Phi) is 3.53. The van der Waals surface area contributed by atoms with Crippen molar-refractivity contribution < 1.29 is 4.74 Å². The first kappa shape index (κ1) is 13.0. The molecule has 0 amide bonds. The summed E-state index contributed by atoms with van der Waals surface area (Å²) in [6.45, 7) is 1.23. The Hall–Kier alpha value is -1.02. The van der Waals surface area contributed by atoms with Gasteiger partial charge in [-0.05, 0) is 74.7 Å². The zero-order chi connectivity index (χ0) is 13.4. The number of rotatable bonds is 4. The van der Waals surface area contributed by atoms with Crippen molar-refractivity contribution in [3.8, 4) is 5.75 Å². The van der Waals surface area contributed by atoms with E-state index in [-0.39, 0.29) is 0 Å². The summed E-state index contributed by atoms with van der Waals surface area (Å²) in [5.74, 6) is 4.47. The summed E-state index contributed by atoms with van der Waals surface area (Å²) >= 11 is 0. The molecule has 2 heteroatoms. The highest BCUT2D eigenvalue weighted by Gasteiger charge is 2.47. The zero-order valence-electron chi connectivity index (χ0n) is 12.3. The van der Waals surface area contributed by atoms with E-state index in [2.05, 4.69) is 43.3 Å². The lowest BCUT2D eigenvalue weighted by molar-refractivity contribution is 0.219. The van der Waals surface area contributed by atoms with Crippen LogP contribution in [0.3, 0.4) is 0 Å². The molecule has 0 spiro atoms. The maximum absolute atomic E-state index is 5.28. The van der Waals surface area contributed by atoms with E-state index >= 15 is 0 Å². The fourth-order valence-electron chi connectivity index (χ4n) is 4.44. The smallest absolute Gasteiger partial charge is 0.118 e. The van der Waals surface area contributed by atoms with Crippen LogP contribution >= 0.6 is 0 Å². The van der Waals surface area contributed by atoms with Gasteiger partial charge in [-0.25, -0.2) is 0 Å². The molecule has 0 heterocycles. The van der Waals surface area contributed by atoms with Gasteiger partial charge in [0.25, 0.3) is 0 Å². The third-order valence-corrected chi connectivity index (χ3v) is 5.17. The molecule has 2 aliphatic carbocycles. The molecule has 0 radical (unpaired) electrons. The van der Waals surface area contributed by atoms with Crippen LogP contribution in [0, 0.1) is 17.8 Å². The number of fused-ring (bicyclic) bond motifs is 2. The van der Waals surface area contributed by atoms with Gasteiger partial charge in [-0.1, -0.05) is 12.1 Å². The molecule has 2 bridgehead atoms. The predicted molar refractivity (Wildman–Crippen MR) is 78.6 cm³/mol. The van der Waals surface area contributed by atoms with Gasteiger partial charge in [0.05, 0.1) is 7.11 Å². The van der Waals surface area contributed by atoms with Gasteiger partial charge >= 0.3 is 0 Å². The van der Waals surface area contributed by atoms with Crippen LogP contribution in [0.15, 0.2) is 24.3 Å². The average molecular weight is 259 g/mol. The molecule has 1 aromatic rings. The topological polar surface area (TPSA) is 12.5 Å². The number of hydrogen-bond acceptors (Lipinski definition) is 2. The molecule has 104 valence electrons. The van der Waals surface area contributed by atoms with Gasteiger partial charge in [0.15, 0.2) is 0 Å². The second-order valence-corrected chi connectivity index (χ2v) is 6.56. The van der Waals surface area contributed by atoms with Crippen molar-refractivity contribution in [2.45, 2.75) is 25.2 Å². The minimum Gasteiger partial charge on any atom is -0.497 e. The summed E-state index contributed by atoms with van der Waals surface area (Å²) < 4.78 is 5.28. The minimum atomic E-state index is 0.770. The van der Waals surface area contributed by atoms with Crippen molar-refractivity contribution in [1.82, 2.24) is 4.90 Å². The normalized spacial score (nSPS) is 33.1. The van der Waals surface area contributed by atoms with E-state index in [1.165, 1.54) is 31.4 Å². The summed E-state index contributed by atoms with van der Waals surface area (Å²) in [4.78, 5) is 2.36. The Morgan fingerprint density at radius 1 is 1.11 bits per heavy atom. The maximum atomic E-state index is 5.28. The molecule has 0 saturated heterocycles. The Balaban J connectivity index is 1.84. The van der Waals surface area contributed by atoms with Gasteiger partial charge < -0.3 is 9.64 Å². The van der Waals surface area contributed by atoms with Crippen molar-refractivity contribution in [3.05, 3.63) is 29.8 Å². The van der Waals surface area contributed by atoms with Gasteiger partial charge in [0.2, 0.25) is 0 Å². The standard InChI is InChI=1S/C17H25NO/c1-18(2)11-16-13-4-5-14(10-13)17(16)12-6-8-15(19-3)9-7-12/h6-9,13-14,16-17H,4-5,10-11H2,1-3H3/t13-,14+,16-,17-/m1/s1. The van der Waals surface area contributed by atoms with E-state index in [1.807, 2.05) is 0 Å². The van der Waals surface area contributed by atoms with Crippen LogP contribution in [0.5, 0.6) is 5.75 Å². The summed E-state index contributed by atoms with van der Waals surface area (Å²) in [5, 5.41) is 0. The Morgan fingerprint density at radius 3 is 2.42 bits per heavy atom. The highest BCUT2D eigenvalue weighted by Crippen LogP contribution is 2.56. The van der Waals surface area contributed by atoms with E-state index in [0.717, 1.165) is 29.4 Å². The third kappa shape index (κ3) is 2.38. The van der Waals surface area contributed by atoms with Crippen molar-refractivity contribution >= 4 is 0 Å². The second kappa shape index (κ2) is 5.16. The van der Waals surface area contributed by atoms with Crippen molar-refractivity contribution in [2.75, 3.05) is 27.7 Å². The number of benzene rings is 1. The SMILES string of the molecule is COc1ccc([C@@H]2[C@H]3CC[C@H](C3)[C@H]2CN(C)C)cc1. The summed E-state index contributed by atoms with van der Waals surface area (Å²) in [7, 11) is 6.15. The molecule has 0 aliphatic heterocycles. The number of ether oxygens (including phenoxy) is 1. The Morgan fingerprint density at radius 2 is 1.79 bits per heavy atom. The van der Waals surface area contributed by atoms with E-state index < -0.39 is 0 Å². The van der Waals surface area contributed by atoms with E-state index in [9.17, 15) is 0 Å². The first-order chi connectivity index (χ1) is 9.19. The molecule has 2 nitrogen and oxygen atoms in total. The van der Waals surface area contributed by atoms with Crippen LogP contribution < -0.4 is 4.74 Å². The van der Waals surface area contributed by atoms with E-state index in [4.69, 9.17) is 4.74 Å². The average Bonchev–Trinajstić information content (AvgIpc) is 2.99. The van der Waals surface area contributed by atoms with Crippen LogP contribution in [0.2, 0.25) is 0 Å². The molecular weight excluding hydrogens is 234 g/mol. The molecule has 4 atom stereocenters. The second-order valence-electron chi connectivity index (χ2n) is 6.56. The van der Waals surface area contributed by atoms with Crippen molar-refractivity contribution in [2.24, 2.45) is 17.8 Å². The largest absolute Gasteiger partial charge is 0.497 e. The van der Waals surface area contributed by atoms with E-state index in [1.54, 1.807) is 7.11 Å². The maximum Gasteiger partial charge on any atom is 0.118 e. The van der Waals surface area contributed by atoms with Crippen LogP contribution in [0.4, 0.5) is 0 Å². The first-order valence-corrected chi connectivity index (χ1v) is 7.47. The molecule has 2 aliphatic rings. The molecule has 2 fully saturated rings. The molecule has 1 aromatic carbocycles. The fraction of sp³-hybridized carbons (Fsp3) is 0.647. The van der Waals surface area contributed by atoms with E-state index in [0.29, 0.717) is 0 Å². The van der Waals surface area contributed by atoms with Gasteiger partial charge in [-0.2, -0.15) is 0 Å². The molecule has 0 unspecified atom stereocenters. The molecule has 19 heavy (non-hydrogen) atoms. The summed E-state index contributed by atoms with van der Waals surface area (Å²) in [6, 6.07) is 8.81. The molecule has 0 N–H and O–H groups in total. The molecule has 0 aromatic heterocycles. The summed E-state index contributed by atoms with van der Waals surface area (Å²) in [5.41, 5.74) is 1.53. The lowest BCUT2D eigenvalue weighted by Gasteiger charge is -2.33. The highest BCUT2D eigenvalue weighted by atomic mass is 16.5. The first-order valence-electron chi connectivity index (χ1n) is 7.47. The van der Waals surface area contributed by atoms with Crippen LogP contribution in [-0.2, 0) is 0 Å². The third-order valence-electron chi connectivity index (χ3n) is 5.17. The Bertz CT molecular complexity index is 425. The zero-order valence-corrected chi connectivity index (χ0v) is 12.3. The molecular formula is C17H25NO. The molecule has 2 saturated carbocycles. The minimum absolute atomic E-state index is 0.770. The van der Waals surface area contributed by atoms with Crippen LogP contribution in [0.1, 0.15) is 30.7 Å². The lowest BCUT2D eigenvalue weighted by Crippen LogP contribution is -2.30. The Labute approximate surface area is 116 Å². The van der Waals surface area contributed by atoms with Gasteiger partial charge in [0, 0.05) is 6.54 Å². The fourth-order valence-corrected chi connectivity index (χ4v) is 4.44. The number of hydrogen-bond donors (Lipinski definition) is 0. The number of methoxy groups -OCH3 is 1. The monoisotopic (exact) mass is 259 g/mol. The quantitative estimate of drug-likeness (QED) is 0.822. The van der Waals surface area contributed by atoms with Gasteiger partial charge in [-0.3, -0.25) is 0 Å². The van der Waals surface area contributed by atoms with Gasteiger partial charge in [0.1, 0.15) is 5.75 Å².